The van der Waals surface area contributed by atoms with Crippen LogP contribution in [0.2, 0.25) is 5.02 Å². The number of benzene rings is 2. The van der Waals surface area contributed by atoms with Gasteiger partial charge in [0.1, 0.15) is 11.9 Å². The van der Waals surface area contributed by atoms with E-state index in [1.807, 2.05) is 12.1 Å². The predicted molar refractivity (Wildman–Crippen MR) is 97.2 cm³/mol. The summed E-state index contributed by atoms with van der Waals surface area (Å²) >= 11 is 5.85. The highest BCUT2D eigenvalue weighted by Gasteiger charge is 2.22. The van der Waals surface area contributed by atoms with E-state index >= 15 is 0 Å². The quantitative estimate of drug-likeness (QED) is 0.544. The molecule has 0 saturated heterocycles. The van der Waals surface area contributed by atoms with Gasteiger partial charge < -0.3 is 9.47 Å². The number of methoxy groups -OCH3 is 1. The highest BCUT2D eigenvalue weighted by molar-refractivity contribution is 6.30. The topological polar surface area (TPSA) is 52.6 Å². The molecule has 0 aromatic heterocycles. The van der Waals surface area contributed by atoms with Crippen LogP contribution in [0.4, 0.5) is 0 Å². The Kier molecular flexibility index (Phi) is 6.59. The fourth-order valence-electron chi connectivity index (χ4n) is 2.30. The normalized spacial score (nSPS) is 13.0. The van der Waals surface area contributed by atoms with Crippen LogP contribution < -0.4 is 4.74 Å². The number of rotatable bonds is 7. The third-order valence-electron chi connectivity index (χ3n) is 4.05. The van der Waals surface area contributed by atoms with E-state index in [1.165, 1.54) is 7.11 Å². The number of esters is 1. The fourth-order valence-corrected chi connectivity index (χ4v) is 2.43. The first-order valence-corrected chi connectivity index (χ1v) is 8.40. The molecule has 0 saturated carbocycles. The van der Waals surface area contributed by atoms with Crippen molar-refractivity contribution in [3.63, 3.8) is 0 Å². The maximum absolute atomic E-state index is 12.3. The van der Waals surface area contributed by atoms with E-state index in [9.17, 15) is 9.59 Å². The van der Waals surface area contributed by atoms with Gasteiger partial charge in [0.25, 0.3) is 0 Å². The molecule has 0 aliphatic rings. The van der Waals surface area contributed by atoms with Crippen LogP contribution in [0.5, 0.6) is 5.75 Å². The van der Waals surface area contributed by atoms with Crippen LogP contribution in [0.25, 0.3) is 0 Å². The minimum absolute atomic E-state index is 0.0184. The van der Waals surface area contributed by atoms with E-state index in [1.54, 1.807) is 50.2 Å². The lowest BCUT2D eigenvalue weighted by Gasteiger charge is -2.19. The van der Waals surface area contributed by atoms with Crippen LogP contribution in [0.1, 0.15) is 29.8 Å². The summed E-state index contributed by atoms with van der Waals surface area (Å²) in [6.45, 7) is 3.56. The molecule has 0 N–H and O–H groups in total. The first kappa shape index (κ1) is 19.0. The number of hydrogen-bond donors (Lipinski definition) is 0. The van der Waals surface area contributed by atoms with Crippen molar-refractivity contribution in [3.05, 3.63) is 64.7 Å². The first-order valence-electron chi connectivity index (χ1n) is 8.03. The summed E-state index contributed by atoms with van der Waals surface area (Å²) in [5.74, 6) is -0.0744. The highest BCUT2D eigenvalue weighted by Crippen LogP contribution is 2.19. The standard InChI is InChI=1S/C20H21ClO4/c1-13(20(23)24-3)14(2)25-18-10-6-16(7-11-18)19(22)12-15-4-8-17(21)9-5-15/h4-11,13-14H,12H2,1-3H3. The summed E-state index contributed by atoms with van der Waals surface area (Å²) in [6, 6.07) is 14.1. The number of ketones is 1. The zero-order chi connectivity index (χ0) is 18.4. The van der Waals surface area contributed by atoms with Gasteiger partial charge in [-0.1, -0.05) is 23.7 Å². The minimum atomic E-state index is -0.379. The average Bonchev–Trinajstić information content (AvgIpc) is 2.62. The van der Waals surface area contributed by atoms with Gasteiger partial charge >= 0.3 is 5.97 Å². The summed E-state index contributed by atoms with van der Waals surface area (Å²) in [5, 5.41) is 0.646. The van der Waals surface area contributed by atoms with Crippen LogP contribution in [-0.2, 0) is 16.0 Å². The number of Topliss-reactive ketones (excluding diaryl/α,β-unsaturated/α-hetero) is 1. The lowest BCUT2D eigenvalue weighted by molar-refractivity contribution is -0.147. The molecule has 0 heterocycles. The average molecular weight is 361 g/mol. The van der Waals surface area contributed by atoms with Crippen molar-refractivity contribution < 1.29 is 19.1 Å². The third-order valence-corrected chi connectivity index (χ3v) is 4.31. The highest BCUT2D eigenvalue weighted by atomic mass is 35.5. The Balaban J connectivity index is 1.98. The molecule has 2 aromatic carbocycles. The lowest BCUT2D eigenvalue weighted by Crippen LogP contribution is -2.29. The summed E-state index contributed by atoms with van der Waals surface area (Å²) in [7, 11) is 1.35. The second kappa shape index (κ2) is 8.67. The fraction of sp³-hybridized carbons (Fsp3) is 0.300. The van der Waals surface area contributed by atoms with E-state index in [4.69, 9.17) is 21.1 Å². The first-order chi connectivity index (χ1) is 11.9. The Morgan fingerprint density at radius 3 is 2.16 bits per heavy atom. The number of carbonyl (C=O) groups excluding carboxylic acids is 2. The van der Waals surface area contributed by atoms with Gasteiger partial charge in [0, 0.05) is 17.0 Å². The molecule has 4 nitrogen and oxygen atoms in total. The molecule has 2 rings (SSSR count). The Hall–Kier alpha value is -2.33. The van der Waals surface area contributed by atoms with Crippen LogP contribution >= 0.6 is 11.6 Å². The molecule has 2 unspecified atom stereocenters. The molecule has 0 radical (unpaired) electrons. The second-order valence-electron chi connectivity index (χ2n) is 5.89. The van der Waals surface area contributed by atoms with Crippen molar-refractivity contribution in [2.45, 2.75) is 26.4 Å². The summed E-state index contributed by atoms with van der Waals surface area (Å²) in [4.78, 5) is 23.9. The summed E-state index contributed by atoms with van der Waals surface area (Å²) < 4.78 is 10.5. The number of ether oxygens (including phenoxy) is 2. The van der Waals surface area contributed by atoms with Gasteiger partial charge in [0.2, 0.25) is 0 Å². The molecule has 0 fully saturated rings. The molecule has 0 amide bonds. The van der Waals surface area contributed by atoms with Crippen LogP contribution in [-0.4, -0.2) is 25.0 Å². The number of hydrogen-bond acceptors (Lipinski definition) is 4. The van der Waals surface area contributed by atoms with Gasteiger partial charge in [-0.2, -0.15) is 0 Å². The molecule has 0 aliphatic carbocycles. The van der Waals surface area contributed by atoms with Crippen LogP contribution in [0, 0.1) is 5.92 Å². The van der Waals surface area contributed by atoms with Crippen LogP contribution in [0.3, 0.4) is 0 Å². The monoisotopic (exact) mass is 360 g/mol. The Labute approximate surface area is 152 Å². The van der Waals surface area contributed by atoms with E-state index in [0.29, 0.717) is 22.8 Å². The van der Waals surface area contributed by atoms with Gasteiger partial charge in [-0.3, -0.25) is 9.59 Å². The summed E-state index contributed by atoms with van der Waals surface area (Å²) in [6.07, 6.45) is -0.0178. The second-order valence-corrected chi connectivity index (χ2v) is 6.32. The minimum Gasteiger partial charge on any atom is -0.490 e. The lowest BCUT2D eigenvalue weighted by atomic mass is 10.0. The number of halogens is 1. The predicted octanol–water partition coefficient (Wildman–Crippen LogP) is 4.34. The van der Waals surface area contributed by atoms with E-state index in [-0.39, 0.29) is 23.8 Å². The van der Waals surface area contributed by atoms with Crippen LogP contribution in [0.15, 0.2) is 48.5 Å². The smallest absolute Gasteiger partial charge is 0.312 e. The van der Waals surface area contributed by atoms with Crippen molar-refractivity contribution >= 4 is 23.4 Å². The molecule has 0 spiro atoms. The maximum atomic E-state index is 12.3. The van der Waals surface area contributed by atoms with E-state index in [0.717, 1.165) is 5.56 Å². The SMILES string of the molecule is COC(=O)C(C)C(C)Oc1ccc(C(=O)Cc2ccc(Cl)cc2)cc1. The Bertz CT molecular complexity index is 722. The van der Waals surface area contributed by atoms with Gasteiger partial charge in [-0.15, -0.1) is 0 Å². The Morgan fingerprint density at radius 1 is 1.00 bits per heavy atom. The molecule has 2 atom stereocenters. The Morgan fingerprint density at radius 2 is 1.60 bits per heavy atom. The van der Waals surface area contributed by atoms with Crippen molar-refractivity contribution in [2.24, 2.45) is 5.92 Å². The molecule has 0 aliphatic heterocycles. The zero-order valence-corrected chi connectivity index (χ0v) is 15.2. The zero-order valence-electron chi connectivity index (χ0n) is 14.5. The van der Waals surface area contributed by atoms with Gasteiger partial charge in [-0.05, 0) is 55.8 Å². The molecule has 132 valence electrons. The maximum Gasteiger partial charge on any atom is 0.312 e. The van der Waals surface area contributed by atoms with Crippen molar-refractivity contribution in [2.75, 3.05) is 7.11 Å². The van der Waals surface area contributed by atoms with Gasteiger partial charge in [-0.25, -0.2) is 0 Å². The van der Waals surface area contributed by atoms with Gasteiger partial charge in [0.05, 0.1) is 13.0 Å². The largest absolute Gasteiger partial charge is 0.490 e. The van der Waals surface area contributed by atoms with Gasteiger partial charge in [0.15, 0.2) is 5.78 Å². The summed E-state index contributed by atoms with van der Waals surface area (Å²) in [5.41, 5.74) is 1.52. The van der Waals surface area contributed by atoms with E-state index in [2.05, 4.69) is 0 Å². The molecular weight excluding hydrogens is 340 g/mol. The molecular formula is C20H21ClO4. The van der Waals surface area contributed by atoms with Crippen molar-refractivity contribution in [1.29, 1.82) is 0 Å². The molecule has 5 heteroatoms. The molecule has 25 heavy (non-hydrogen) atoms. The van der Waals surface area contributed by atoms with E-state index < -0.39 is 0 Å². The van der Waals surface area contributed by atoms with Crippen molar-refractivity contribution in [1.82, 2.24) is 0 Å². The number of carbonyl (C=O) groups is 2. The molecule has 0 bridgehead atoms. The molecule has 2 aromatic rings. The van der Waals surface area contributed by atoms with Crippen molar-refractivity contribution in [3.8, 4) is 5.75 Å². The third kappa shape index (κ3) is 5.33.